The number of anilines is 1. The topological polar surface area (TPSA) is 29.3 Å². The van der Waals surface area contributed by atoms with Gasteiger partial charge in [0.2, 0.25) is 0 Å². The summed E-state index contributed by atoms with van der Waals surface area (Å²) in [6.45, 7) is 3.37. The van der Waals surface area contributed by atoms with Crippen LogP contribution in [-0.4, -0.2) is 18.6 Å². The third-order valence-corrected chi connectivity index (χ3v) is 3.43. The number of rotatable bonds is 1. The molecule has 0 amide bonds. The Morgan fingerprint density at radius 2 is 2.46 bits per heavy atom. The minimum absolute atomic E-state index is 0.407. The van der Waals surface area contributed by atoms with Crippen LogP contribution in [0.15, 0.2) is 16.8 Å². The summed E-state index contributed by atoms with van der Waals surface area (Å²) in [7, 11) is 0. The average Bonchev–Trinajstić information content (AvgIpc) is 2.56. The summed E-state index contributed by atoms with van der Waals surface area (Å²) in [5.41, 5.74) is 7.28. The Bertz CT molecular complexity index is 258. The molecule has 1 aromatic rings. The van der Waals surface area contributed by atoms with E-state index in [1.807, 2.05) is 0 Å². The summed E-state index contributed by atoms with van der Waals surface area (Å²) < 4.78 is 0. The summed E-state index contributed by atoms with van der Waals surface area (Å²) in [5.74, 6) is 0. The number of hydrogen-bond donors (Lipinski definition) is 1. The normalized spacial score (nSPS) is 29.2. The van der Waals surface area contributed by atoms with Gasteiger partial charge in [-0.1, -0.05) is 0 Å². The molecular weight excluding hydrogens is 180 g/mol. The fourth-order valence-electron chi connectivity index (χ4n) is 2.01. The maximum absolute atomic E-state index is 5.92. The van der Waals surface area contributed by atoms with Crippen molar-refractivity contribution in [2.75, 3.05) is 11.4 Å². The molecular formula is C10H16N2S. The molecule has 13 heavy (non-hydrogen) atoms. The first-order chi connectivity index (χ1) is 6.27. The first-order valence-corrected chi connectivity index (χ1v) is 5.76. The third kappa shape index (κ3) is 1.86. The van der Waals surface area contributed by atoms with Crippen LogP contribution in [0.5, 0.6) is 0 Å². The number of piperidine rings is 1. The number of thiophene rings is 1. The van der Waals surface area contributed by atoms with E-state index in [1.165, 1.54) is 5.69 Å². The Labute approximate surface area is 83.4 Å². The van der Waals surface area contributed by atoms with E-state index >= 15 is 0 Å². The van der Waals surface area contributed by atoms with Gasteiger partial charge in [-0.15, -0.1) is 0 Å². The van der Waals surface area contributed by atoms with Crippen LogP contribution in [-0.2, 0) is 0 Å². The molecule has 0 aromatic carbocycles. The van der Waals surface area contributed by atoms with E-state index < -0.39 is 0 Å². The Morgan fingerprint density at radius 1 is 1.62 bits per heavy atom. The highest BCUT2D eigenvalue weighted by Crippen LogP contribution is 2.25. The number of hydrogen-bond acceptors (Lipinski definition) is 3. The second kappa shape index (κ2) is 3.68. The van der Waals surface area contributed by atoms with Gasteiger partial charge in [-0.25, -0.2) is 0 Å². The lowest BCUT2D eigenvalue weighted by Gasteiger charge is -2.37. The highest BCUT2D eigenvalue weighted by atomic mass is 32.1. The number of nitrogens with two attached hydrogens (primary N) is 1. The molecule has 0 bridgehead atoms. The molecule has 1 fully saturated rings. The Hall–Kier alpha value is -0.540. The quantitative estimate of drug-likeness (QED) is 0.745. The van der Waals surface area contributed by atoms with Crippen molar-refractivity contribution >= 4 is 17.0 Å². The molecule has 1 saturated heterocycles. The van der Waals surface area contributed by atoms with E-state index in [0.29, 0.717) is 12.1 Å². The Balaban J connectivity index is 2.08. The molecule has 1 aromatic heterocycles. The monoisotopic (exact) mass is 196 g/mol. The van der Waals surface area contributed by atoms with Gasteiger partial charge in [0.1, 0.15) is 0 Å². The van der Waals surface area contributed by atoms with Gasteiger partial charge in [0.25, 0.3) is 0 Å². The summed E-state index contributed by atoms with van der Waals surface area (Å²) in [6.07, 6.45) is 2.25. The van der Waals surface area contributed by atoms with Gasteiger partial charge in [0.15, 0.2) is 0 Å². The largest absolute Gasteiger partial charge is 0.368 e. The summed E-state index contributed by atoms with van der Waals surface area (Å²) in [5, 5.41) is 4.35. The van der Waals surface area contributed by atoms with E-state index in [2.05, 4.69) is 28.7 Å². The van der Waals surface area contributed by atoms with Crippen LogP contribution in [0.3, 0.4) is 0 Å². The molecule has 2 heterocycles. The van der Waals surface area contributed by atoms with Crippen molar-refractivity contribution in [2.45, 2.75) is 31.8 Å². The van der Waals surface area contributed by atoms with E-state index in [0.717, 1.165) is 19.4 Å². The van der Waals surface area contributed by atoms with E-state index in [1.54, 1.807) is 11.3 Å². The van der Waals surface area contributed by atoms with Crippen LogP contribution in [0.2, 0.25) is 0 Å². The predicted octanol–water partition coefficient (Wildman–Crippen LogP) is 2.06. The van der Waals surface area contributed by atoms with Crippen LogP contribution in [0, 0.1) is 0 Å². The molecule has 2 rings (SSSR count). The second-order valence-electron chi connectivity index (χ2n) is 3.81. The molecule has 0 spiro atoms. The van der Waals surface area contributed by atoms with Crippen molar-refractivity contribution in [2.24, 2.45) is 5.73 Å². The van der Waals surface area contributed by atoms with Crippen LogP contribution in [0.1, 0.15) is 19.8 Å². The minimum atomic E-state index is 0.407. The summed E-state index contributed by atoms with van der Waals surface area (Å²) >= 11 is 1.76. The van der Waals surface area contributed by atoms with Gasteiger partial charge in [-0.2, -0.15) is 11.3 Å². The number of nitrogens with zero attached hydrogens (tertiary/aromatic N) is 1. The Morgan fingerprint density at radius 3 is 3.08 bits per heavy atom. The van der Waals surface area contributed by atoms with Crippen molar-refractivity contribution in [1.82, 2.24) is 0 Å². The first-order valence-electron chi connectivity index (χ1n) is 4.82. The predicted molar refractivity (Wildman–Crippen MR) is 58.3 cm³/mol. The molecule has 72 valence electrons. The molecule has 2 unspecified atom stereocenters. The van der Waals surface area contributed by atoms with Gasteiger partial charge in [-0.3, -0.25) is 0 Å². The van der Waals surface area contributed by atoms with E-state index in [9.17, 15) is 0 Å². The fraction of sp³-hybridized carbons (Fsp3) is 0.600. The lowest BCUT2D eigenvalue weighted by molar-refractivity contribution is 0.430. The molecule has 1 aliphatic rings. The van der Waals surface area contributed by atoms with Crippen molar-refractivity contribution in [3.8, 4) is 0 Å². The maximum Gasteiger partial charge on any atom is 0.0477 e. The van der Waals surface area contributed by atoms with Crippen molar-refractivity contribution in [1.29, 1.82) is 0 Å². The molecule has 2 atom stereocenters. The molecule has 0 saturated carbocycles. The van der Waals surface area contributed by atoms with Gasteiger partial charge < -0.3 is 10.6 Å². The molecule has 2 nitrogen and oxygen atoms in total. The standard InChI is InChI=1S/C10H16N2S/c1-8-6-9(11)2-4-12(8)10-3-5-13-7-10/h3,5,7-9H,2,4,6,11H2,1H3. The highest BCUT2D eigenvalue weighted by Gasteiger charge is 2.23. The first kappa shape index (κ1) is 9.03. The lowest BCUT2D eigenvalue weighted by Crippen LogP contribution is -2.45. The maximum atomic E-state index is 5.92. The van der Waals surface area contributed by atoms with Gasteiger partial charge in [0, 0.05) is 29.7 Å². The highest BCUT2D eigenvalue weighted by molar-refractivity contribution is 7.08. The zero-order chi connectivity index (χ0) is 9.26. The second-order valence-corrected chi connectivity index (χ2v) is 4.59. The molecule has 0 radical (unpaired) electrons. The molecule has 1 aliphatic heterocycles. The third-order valence-electron chi connectivity index (χ3n) is 2.75. The molecule has 2 N–H and O–H groups in total. The van der Waals surface area contributed by atoms with E-state index in [-0.39, 0.29) is 0 Å². The SMILES string of the molecule is CC1CC(N)CCN1c1ccsc1. The molecule has 0 aliphatic carbocycles. The van der Waals surface area contributed by atoms with Crippen LogP contribution in [0.4, 0.5) is 5.69 Å². The van der Waals surface area contributed by atoms with E-state index in [4.69, 9.17) is 5.73 Å². The average molecular weight is 196 g/mol. The fourth-order valence-corrected chi connectivity index (χ4v) is 2.66. The van der Waals surface area contributed by atoms with Gasteiger partial charge >= 0.3 is 0 Å². The Kier molecular flexibility index (Phi) is 2.56. The zero-order valence-electron chi connectivity index (χ0n) is 7.94. The summed E-state index contributed by atoms with van der Waals surface area (Å²) in [6, 6.07) is 3.20. The summed E-state index contributed by atoms with van der Waals surface area (Å²) in [4.78, 5) is 2.46. The lowest BCUT2D eigenvalue weighted by atomic mass is 9.99. The van der Waals surface area contributed by atoms with Crippen LogP contribution in [0.25, 0.3) is 0 Å². The van der Waals surface area contributed by atoms with Crippen LogP contribution >= 0.6 is 11.3 Å². The van der Waals surface area contributed by atoms with Crippen molar-refractivity contribution in [3.63, 3.8) is 0 Å². The zero-order valence-corrected chi connectivity index (χ0v) is 8.76. The van der Waals surface area contributed by atoms with Crippen molar-refractivity contribution < 1.29 is 0 Å². The smallest absolute Gasteiger partial charge is 0.0477 e. The molecule has 3 heteroatoms. The van der Waals surface area contributed by atoms with Crippen LogP contribution < -0.4 is 10.6 Å². The van der Waals surface area contributed by atoms with Gasteiger partial charge in [0.05, 0.1) is 0 Å². The minimum Gasteiger partial charge on any atom is -0.368 e. The van der Waals surface area contributed by atoms with Gasteiger partial charge in [-0.05, 0) is 31.2 Å². The van der Waals surface area contributed by atoms with Crippen molar-refractivity contribution in [3.05, 3.63) is 16.8 Å².